The quantitative estimate of drug-likeness (QED) is 0.542. The van der Waals surface area contributed by atoms with Gasteiger partial charge < -0.3 is 15.4 Å². The molecule has 0 bridgehead atoms. The van der Waals surface area contributed by atoms with Crippen LogP contribution in [0, 0.1) is 5.82 Å². The normalized spacial score (nSPS) is 10.3. The molecule has 3 aromatic rings. The van der Waals surface area contributed by atoms with Crippen molar-refractivity contribution in [2.45, 2.75) is 6.54 Å². The number of carbonyl (C=O) groups is 1. The Bertz CT molecular complexity index is 899. The Labute approximate surface area is 165 Å². The highest BCUT2D eigenvalue weighted by molar-refractivity contribution is 9.10. The molecule has 6 heteroatoms. The van der Waals surface area contributed by atoms with Gasteiger partial charge in [0.1, 0.15) is 11.6 Å². The highest BCUT2D eigenvalue weighted by Crippen LogP contribution is 2.20. The van der Waals surface area contributed by atoms with Crippen LogP contribution in [0.5, 0.6) is 5.75 Å². The van der Waals surface area contributed by atoms with E-state index >= 15 is 0 Å². The second-order valence-corrected chi connectivity index (χ2v) is 6.73. The molecule has 0 aliphatic rings. The Morgan fingerprint density at radius 1 is 0.926 bits per heavy atom. The average Bonchev–Trinajstić information content (AvgIpc) is 2.68. The van der Waals surface area contributed by atoms with Gasteiger partial charge in [0.25, 0.3) is 5.91 Å². The minimum absolute atomic E-state index is 0.0936. The van der Waals surface area contributed by atoms with E-state index in [4.69, 9.17) is 4.74 Å². The van der Waals surface area contributed by atoms with Crippen molar-refractivity contribution in [1.29, 1.82) is 0 Å². The number of nitrogens with one attached hydrogen (secondary N) is 2. The molecule has 1 amide bonds. The van der Waals surface area contributed by atoms with Crippen LogP contribution in [0.2, 0.25) is 0 Å². The Kier molecular flexibility index (Phi) is 6.44. The molecular formula is C21H18BrFN2O2. The molecule has 2 N–H and O–H groups in total. The van der Waals surface area contributed by atoms with Gasteiger partial charge in [-0.1, -0.05) is 34.1 Å². The molecule has 0 aliphatic carbocycles. The van der Waals surface area contributed by atoms with Gasteiger partial charge >= 0.3 is 0 Å². The number of halogens is 2. The summed E-state index contributed by atoms with van der Waals surface area (Å²) in [6.45, 7) is 0.403. The van der Waals surface area contributed by atoms with Crippen molar-refractivity contribution in [3.05, 3.63) is 88.6 Å². The maximum absolute atomic E-state index is 13.0. The van der Waals surface area contributed by atoms with Crippen LogP contribution in [0.25, 0.3) is 0 Å². The summed E-state index contributed by atoms with van der Waals surface area (Å²) in [4.78, 5) is 12.1. The molecule has 0 aromatic heterocycles. The van der Waals surface area contributed by atoms with Gasteiger partial charge in [0.15, 0.2) is 6.61 Å². The van der Waals surface area contributed by atoms with Gasteiger partial charge in [0.05, 0.1) is 0 Å². The molecule has 3 aromatic carbocycles. The van der Waals surface area contributed by atoms with Crippen LogP contribution in [0.4, 0.5) is 15.8 Å². The van der Waals surface area contributed by atoms with Gasteiger partial charge in [-0.3, -0.25) is 4.79 Å². The van der Waals surface area contributed by atoms with E-state index in [1.54, 1.807) is 12.1 Å². The lowest BCUT2D eigenvalue weighted by atomic mass is 10.2. The van der Waals surface area contributed by atoms with E-state index in [9.17, 15) is 9.18 Å². The molecule has 138 valence electrons. The van der Waals surface area contributed by atoms with Gasteiger partial charge in [0.2, 0.25) is 0 Å². The molecule has 4 nitrogen and oxygen atoms in total. The monoisotopic (exact) mass is 428 g/mol. The number of hydrogen-bond acceptors (Lipinski definition) is 3. The van der Waals surface area contributed by atoms with Crippen molar-refractivity contribution >= 4 is 33.2 Å². The second kappa shape index (κ2) is 9.19. The number of carbonyl (C=O) groups excluding carboxylic acids is 1. The van der Waals surface area contributed by atoms with Crippen molar-refractivity contribution in [3.63, 3.8) is 0 Å². The summed E-state index contributed by atoms with van der Waals surface area (Å²) in [5.74, 6) is 0.109. The molecule has 0 saturated carbocycles. The Morgan fingerprint density at radius 3 is 2.33 bits per heavy atom. The third-order valence-corrected chi connectivity index (χ3v) is 4.32. The predicted octanol–water partition coefficient (Wildman–Crippen LogP) is 5.22. The zero-order valence-electron chi connectivity index (χ0n) is 14.4. The van der Waals surface area contributed by atoms with Gasteiger partial charge in [0, 0.05) is 28.0 Å². The molecule has 0 spiro atoms. The highest BCUT2D eigenvalue weighted by Gasteiger charge is 2.07. The first kappa shape index (κ1) is 18.9. The third-order valence-electron chi connectivity index (χ3n) is 3.79. The number of hydrogen-bond donors (Lipinski definition) is 2. The average molecular weight is 429 g/mol. The van der Waals surface area contributed by atoms with Crippen LogP contribution in [-0.2, 0) is 11.3 Å². The largest absolute Gasteiger partial charge is 0.483 e. The number of benzene rings is 3. The fourth-order valence-corrected chi connectivity index (χ4v) is 2.69. The number of para-hydroxylation sites is 1. The van der Waals surface area contributed by atoms with E-state index in [1.165, 1.54) is 12.1 Å². The first-order valence-electron chi connectivity index (χ1n) is 8.36. The van der Waals surface area contributed by atoms with E-state index < -0.39 is 0 Å². The number of rotatable bonds is 7. The van der Waals surface area contributed by atoms with Gasteiger partial charge in [-0.05, 0) is 54.6 Å². The molecule has 0 atom stereocenters. The van der Waals surface area contributed by atoms with Gasteiger partial charge in [-0.15, -0.1) is 0 Å². The summed E-state index contributed by atoms with van der Waals surface area (Å²) in [5, 5.41) is 6.00. The van der Waals surface area contributed by atoms with E-state index in [1.807, 2.05) is 48.5 Å². The fourth-order valence-electron chi connectivity index (χ4n) is 2.43. The molecule has 0 heterocycles. The molecular weight excluding hydrogens is 411 g/mol. The molecule has 0 aliphatic heterocycles. The molecule has 27 heavy (non-hydrogen) atoms. The zero-order valence-corrected chi connectivity index (χ0v) is 16.0. The summed E-state index contributed by atoms with van der Waals surface area (Å²) < 4.78 is 19.6. The van der Waals surface area contributed by atoms with Crippen molar-refractivity contribution in [1.82, 2.24) is 0 Å². The number of anilines is 2. The van der Waals surface area contributed by atoms with Crippen molar-refractivity contribution < 1.29 is 13.9 Å². The minimum Gasteiger partial charge on any atom is -0.483 e. The van der Waals surface area contributed by atoms with E-state index in [2.05, 4.69) is 26.6 Å². The lowest BCUT2D eigenvalue weighted by Gasteiger charge is -2.13. The Morgan fingerprint density at radius 2 is 1.59 bits per heavy atom. The minimum atomic E-state index is -0.277. The number of amides is 1. The molecule has 0 saturated heterocycles. The molecule has 3 rings (SSSR count). The third kappa shape index (κ3) is 5.82. The molecule has 0 fully saturated rings. The van der Waals surface area contributed by atoms with Crippen LogP contribution in [0.3, 0.4) is 0 Å². The summed E-state index contributed by atoms with van der Waals surface area (Å²) in [5.41, 5.74) is 2.41. The van der Waals surface area contributed by atoms with Gasteiger partial charge in [-0.25, -0.2) is 4.39 Å². The zero-order chi connectivity index (χ0) is 19.1. The summed E-state index contributed by atoms with van der Waals surface area (Å²) >= 11 is 3.35. The molecule has 0 radical (unpaired) electrons. The van der Waals surface area contributed by atoms with Crippen molar-refractivity contribution in [2.24, 2.45) is 0 Å². The molecule has 0 unspecified atom stereocenters. The Hall–Kier alpha value is -2.86. The predicted molar refractivity (Wildman–Crippen MR) is 108 cm³/mol. The van der Waals surface area contributed by atoms with Crippen molar-refractivity contribution in [3.8, 4) is 5.75 Å². The van der Waals surface area contributed by atoms with Crippen LogP contribution in [0.1, 0.15) is 5.56 Å². The van der Waals surface area contributed by atoms with Crippen LogP contribution < -0.4 is 15.4 Å². The maximum Gasteiger partial charge on any atom is 0.262 e. The topological polar surface area (TPSA) is 50.4 Å². The van der Waals surface area contributed by atoms with Crippen LogP contribution in [0.15, 0.2) is 77.3 Å². The smallest absolute Gasteiger partial charge is 0.262 e. The lowest BCUT2D eigenvalue weighted by molar-refractivity contribution is -0.118. The Balaban J connectivity index is 1.56. The SMILES string of the molecule is O=C(COc1ccccc1CNc1ccc(F)cc1)Nc1ccc(Br)cc1. The van der Waals surface area contributed by atoms with E-state index in [0.29, 0.717) is 18.0 Å². The fraction of sp³-hybridized carbons (Fsp3) is 0.0952. The van der Waals surface area contributed by atoms with E-state index in [0.717, 1.165) is 15.7 Å². The first-order chi connectivity index (χ1) is 13.1. The number of ether oxygens (including phenoxy) is 1. The summed E-state index contributed by atoms with van der Waals surface area (Å²) in [6.07, 6.45) is 0. The highest BCUT2D eigenvalue weighted by atomic mass is 79.9. The van der Waals surface area contributed by atoms with Gasteiger partial charge in [-0.2, -0.15) is 0 Å². The summed E-state index contributed by atoms with van der Waals surface area (Å²) in [7, 11) is 0. The lowest BCUT2D eigenvalue weighted by Crippen LogP contribution is -2.20. The van der Waals surface area contributed by atoms with Crippen LogP contribution in [-0.4, -0.2) is 12.5 Å². The first-order valence-corrected chi connectivity index (χ1v) is 9.15. The second-order valence-electron chi connectivity index (χ2n) is 5.81. The van der Waals surface area contributed by atoms with Crippen LogP contribution >= 0.6 is 15.9 Å². The van der Waals surface area contributed by atoms with E-state index in [-0.39, 0.29) is 18.3 Å². The van der Waals surface area contributed by atoms with Crippen molar-refractivity contribution in [2.75, 3.05) is 17.2 Å². The standard InChI is InChI=1S/C21H18BrFN2O2/c22-16-5-9-19(10-6-16)25-21(26)14-27-20-4-2-1-3-15(20)13-24-18-11-7-17(23)8-12-18/h1-12,24H,13-14H2,(H,25,26). The summed E-state index contributed by atoms with van der Waals surface area (Å²) in [6, 6.07) is 20.9. The maximum atomic E-state index is 13.0.